The van der Waals surface area contributed by atoms with Gasteiger partial charge in [-0.15, -0.1) is 0 Å². The molecule has 0 amide bonds. The first-order valence-corrected chi connectivity index (χ1v) is 5.86. The first-order valence-electron chi connectivity index (χ1n) is 5.07. The summed E-state index contributed by atoms with van der Waals surface area (Å²) in [5.41, 5.74) is 2.38. The number of halogens is 1. The molecule has 0 spiro atoms. The summed E-state index contributed by atoms with van der Waals surface area (Å²) >= 11 is 3.16. The van der Waals surface area contributed by atoms with E-state index in [9.17, 15) is 0 Å². The minimum absolute atomic E-state index is 0.161. The fourth-order valence-corrected chi connectivity index (χ4v) is 1.67. The lowest BCUT2D eigenvalue weighted by Crippen LogP contribution is -2.10. The maximum Gasteiger partial charge on any atom is 0.258 e. The highest BCUT2D eigenvalue weighted by Gasteiger charge is 2.14. The van der Waals surface area contributed by atoms with E-state index in [4.69, 9.17) is 4.52 Å². The van der Waals surface area contributed by atoms with Crippen LogP contribution in [0.2, 0.25) is 0 Å². The van der Waals surface area contributed by atoms with E-state index >= 15 is 0 Å². The fraction of sp³-hybridized carbons (Fsp3) is 0.333. The van der Waals surface area contributed by atoms with Crippen molar-refractivity contribution < 1.29 is 4.52 Å². The van der Waals surface area contributed by atoms with Crippen LogP contribution in [0, 0.1) is 0 Å². The van der Waals surface area contributed by atoms with Crippen molar-refractivity contribution >= 4 is 15.9 Å². The Morgan fingerprint density at radius 2 is 1.75 bits per heavy atom. The molecule has 0 bridgehead atoms. The third kappa shape index (κ3) is 2.32. The Kier molecular flexibility index (Phi) is 2.84. The Bertz CT molecular complexity index is 482. The zero-order valence-corrected chi connectivity index (χ0v) is 11.1. The van der Waals surface area contributed by atoms with Gasteiger partial charge in [-0.1, -0.05) is 32.9 Å². The van der Waals surface area contributed by atoms with Crippen molar-refractivity contribution in [3.8, 4) is 11.5 Å². The van der Waals surface area contributed by atoms with Gasteiger partial charge in [0, 0.05) is 5.56 Å². The predicted octanol–water partition coefficient (Wildman–Crippen LogP) is 3.80. The van der Waals surface area contributed by atoms with Crippen molar-refractivity contribution in [2.24, 2.45) is 0 Å². The molecule has 16 heavy (non-hydrogen) atoms. The van der Waals surface area contributed by atoms with E-state index in [1.54, 1.807) is 0 Å². The average Bonchev–Trinajstić information content (AvgIpc) is 2.64. The van der Waals surface area contributed by atoms with Crippen molar-refractivity contribution in [1.29, 1.82) is 0 Å². The largest absolute Gasteiger partial charge is 0.333 e. The molecule has 1 aromatic carbocycles. The number of aromatic nitrogens is 2. The first-order chi connectivity index (χ1) is 7.47. The van der Waals surface area contributed by atoms with Crippen LogP contribution in [0.15, 0.2) is 33.5 Å². The lowest BCUT2D eigenvalue weighted by Gasteiger charge is -2.18. The molecule has 0 unspecified atom stereocenters. The molecule has 0 aliphatic heterocycles. The number of benzene rings is 1. The average molecular weight is 281 g/mol. The van der Waals surface area contributed by atoms with Gasteiger partial charge in [-0.25, -0.2) is 0 Å². The molecular formula is C12H13BrN2O. The maximum atomic E-state index is 5.07. The van der Waals surface area contributed by atoms with Gasteiger partial charge in [-0.2, -0.15) is 4.98 Å². The SMILES string of the molecule is CC(C)(C)c1ccc(-c2nc(Br)no2)cc1. The van der Waals surface area contributed by atoms with Gasteiger partial charge in [0.1, 0.15) is 0 Å². The van der Waals surface area contributed by atoms with Gasteiger partial charge in [0.15, 0.2) is 0 Å². The van der Waals surface area contributed by atoms with Crippen LogP contribution in [0.1, 0.15) is 26.3 Å². The lowest BCUT2D eigenvalue weighted by atomic mass is 9.87. The molecule has 0 atom stereocenters. The van der Waals surface area contributed by atoms with Gasteiger partial charge in [0.2, 0.25) is 4.73 Å². The number of hydrogen-bond acceptors (Lipinski definition) is 3. The molecular weight excluding hydrogens is 268 g/mol. The Morgan fingerprint density at radius 3 is 2.19 bits per heavy atom. The molecule has 0 fully saturated rings. The minimum atomic E-state index is 0.161. The smallest absolute Gasteiger partial charge is 0.258 e. The van der Waals surface area contributed by atoms with Gasteiger partial charge < -0.3 is 4.52 Å². The maximum absolute atomic E-state index is 5.07. The van der Waals surface area contributed by atoms with Crippen LogP contribution in [-0.4, -0.2) is 10.1 Å². The van der Waals surface area contributed by atoms with E-state index in [1.807, 2.05) is 12.1 Å². The van der Waals surface area contributed by atoms with Gasteiger partial charge >= 0.3 is 0 Å². The summed E-state index contributed by atoms with van der Waals surface area (Å²) in [4.78, 5) is 4.11. The first kappa shape index (κ1) is 11.3. The number of hydrogen-bond donors (Lipinski definition) is 0. The van der Waals surface area contributed by atoms with Crippen LogP contribution < -0.4 is 0 Å². The molecule has 0 aliphatic carbocycles. The second-order valence-electron chi connectivity index (χ2n) is 4.70. The van der Waals surface area contributed by atoms with Crippen molar-refractivity contribution in [2.75, 3.05) is 0 Å². The molecule has 0 aliphatic rings. The van der Waals surface area contributed by atoms with E-state index in [1.165, 1.54) is 5.56 Å². The third-order valence-electron chi connectivity index (χ3n) is 2.40. The zero-order chi connectivity index (χ0) is 11.8. The van der Waals surface area contributed by atoms with E-state index < -0.39 is 0 Å². The fourth-order valence-electron chi connectivity index (χ4n) is 1.44. The standard InChI is InChI=1S/C12H13BrN2O/c1-12(2,3)9-6-4-8(5-7-9)10-14-11(13)15-16-10/h4-7H,1-3H3. The Hall–Kier alpha value is -1.16. The van der Waals surface area contributed by atoms with Crippen LogP contribution in [0.3, 0.4) is 0 Å². The monoisotopic (exact) mass is 280 g/mol. The Labute approximate surface area is 103 Å². The Morgan fingerprint density at radius 1 is 1.12 bits per heavy atom. The Balaban J connectivity index is 2.33. The van der Waals surface area contributed by atoms with E-state index in [-0.39, 0.29) is 5.41 Å². The van der Waals surface area contributed by atoms with Crippen LogP contribution in [0.4, 0.5) is 0 Å². The molecule has 4 heteroatoms. The molecule has 1 aromatic heterocycles. The molecule has 3 nitrogen and oxygen atoms in total. The van der Waals surface area contributed by atoms with Crippen LogP contribution in [-0.2, 0) is 5.41 Å². The van der Waals surface area contributed by atoms with E-state index in [2.05, 4.69) is 59.0 Å². The normalized spacial score (nSPS) is 11.8. The zero-order valence-electron chi connectivity index (χ0n) is 9.49. The summed E-state index contributed by atoms with van der Waals surface area (Å²) in [6.07, 6.45) is 0. The van der Waals surface area contributed by atoms with Gasteiger partial charge in [-0.05, 0) is 44.2 Å². The topological polar surface area (TPSA) is 38.9 Å². The number of nitrogens with zero attached hydrogens (tertiary/aromatic N) is 2. The van der Waals surface area contributed by atoms with Crippen LogP contribution in [0.5, 0.6) is 0 Å². The second kappa shape index (κ2) is 4.01. The lowest BCUT2D eigenvalue weighted by molar-refractivity contribution is 0.426. The van der Waals surface area contributed by atoms with Crippen molar-refractivity contribution in [3.63, 3.8) is 0 Å². The van der Waals surface area contributed by atoms with Crippen molar-refractivity contribution in [3.05, 3.63) is 34.6 Å². The van der Waals surface area contributed by atoms with Crippen LogP contribution >= 0.6 is 15.9 Å². The third-order valence-corrected chi connectivity index (χ3v) is 2.72. The molecule has 0 saturated heterocycles. The van der Waals surface area contributed by atoms with Crippen molar-refractivity contribution in [1.82, 2.24) is 10.1 Å². The minimum Gasteiger partial charge on any atom is -0.333 e. The van der Waals surface area contributed by atoms with Crippen molar-refractivity contribution in [2.45, 2.75) is 26.2 Å². The highest BCUT2D eigenvalue weighted by molar-refractivity contribution is 9.10. The molecule has 0 radical (unpaired) electrons. The molecule has 1 heterocycles. The second-order valence-corrected chi connectivity index (χ2v) is 5.41. The summed E-state index contributed by atoms with van der Waals surface area (Å²) in [7, 11) is 0. The molecule has 84 valence electrons. The van der Waals surface area contributed by atoms with E-state index in [0.29, 0.717) is 10.6 Å². The molecule has 0 saturated carbocycles. The highest BCUT2D eigenvalue weighted by Crippen LogP contribution is 2.25. The predicted molar refractivity (Wildman–Crippen MR) is 66.1 cm³/mol. The van der Waals surface area contributed by atoms with Crippen LogP contribution in [0.25, 0.3) is 11.5 Å². The highest BCUT2D eigenvalue weighted by atomic mass is 79.9. The molecule has 2 rings (SSSR count). The van der Waals surface area contributed by atoms with Gasteiger partial charge in [0.05, 0.1) is 0 Å². The summed E-state index contributed by atoms with van der Waals surface area (Å²) in [6.45, 7) is 6.56. The van der Waals surface area contributed by atoms with Gasteiger partial charge in [0.25, 0.3) is 5.89 Å². The summed E-state index contributed by atoms with van der Waals surface area (Å²) in [5, 5.41) is 3.69. The number of rotatable bonds is 1. The summed E-state index contributed by atoms with van der Waals surface area (Å²) in [5.74, 6) is 0.535. The summed E-state index contributed by atoms with van der Waals surface area (Å²) in [6, 6.07) is 8.18. The van der Waals surface area contributed by atoms with Gasteiger partial charge in [-0.3, -0.25) is 0 Å². The van der Waals surface area contributed by atoms with E-state index in [0.717, 1.165) is 5.56 Å². The quantitative estimate of drug-likeness (QED) is 0.798. The summed E-state index contributed by atoms with van der Waals surface area (Å²) < 4.78 is 5.54. The molecule has 2 aromatic rings. The molecule has 0 N–H and O–H groups in total.